The van der Waals surface area contributed by atoms with Crippen LogP contribution in [0.3, 0.4) is 0 Å². The molecule has 2 saturated carbocycles. The van der Waals surface area contributed by atoms with Crippen molar-refractivity contribution in [2.24, 2.45) is 11.8 Å². The Balaban J connectivity index is 1.31. The standard InChI is InChI=1S/C24H33F2N5O2/c1-13(2)31-20(11-19(29-31)14-8-21(33-24(25)26)23(27)28-12-14)22-17-9-15(10-18(17)22)30-6-4-16(32-3)5-7-30/h8,11-13,15-18,22,24H,4-7,9-10H2,1-3H3,(H2,27,28)/t15-,17+,18?,22-/m1/s1. The van der Waals surface area contributed by atoms with Crippen LogP contribution in [0.4, 0.5) is 14.6 Å². The van der Waals surface area contributed by atoms with Crippen molar-refractivity contribution in [1.82, 2.24) is 19.7 Å². The van der Waals surface area contributed by atoms with Crippen LogP contribution in [0.15, 0.2) is 18.3 Å². The van der Waals surface area contributed by atoms with Gasteiger partial charge in [-0.3, -0.25) is 4.68 Å². The van der Waals surface area contributed by atoms with Crippen LogP contribution in [0.25, 0.3) is 11.3 Å². The number of anilines is 1. The quantitative estimate of drug-likeness (QED) is 0.662. The van der Waals surface area contributed by atoms with E-state index in [0.717, 1.165) is 25.9 Å². The summed E-state index contributed by atoms with van der Waals surface area (Å²) in [4.78, 5) is 6.70. The van der Waals surface area contributed by atoms with Crippen molar-refractivity contribution in [3.63, 3.8) is 0 Å². The summed E-state index contributed by atoms with van der Waals surface area (Å²) in [5, 5.41) is 4.81. The number of piperidine rings is 1. The first-order valence-electron chi connectivity index (χ1n) is 11.9. The normalized spacial score (nSPS) is 28.0. The number of ether oxygens (including phenoxy) is 2. The highest BCUT2D eigenvalue weighted by Gasteiger charge is 2.58. The molecule has 0 amide bonds. The number of rotatable bonds is 7. The summed E-state index contributed by atoms with van der Waals surface area (Å²) in [6, 6.07) is 4.48. The molecule has 2 N–H and O–H groups in total. The van der Waals surface area contributed by atoms with Gasteiger partial charge in [0.2, 0.25) is 0 Å². The Hall–Kier alpha value is -2.26. The molecule has 0 aromatic carbocycles. The van der Waals surface area contributed by atoms with E-state index in [2.05, 4.69) is 39.2 Å². The molecule has 0 spiro atoms. The third kappa shape index (κ3) is 4.33. The average Bonchev–Trinajstić information content (AvgIpc) is 3.15. The number of nitrogens with two attached hydrogens (primary N) is 1. The molecule has 0 radical (unpaired) electrons. The molecule has 3 aliphatic rings. The van der Waals surface area contributed by atoms with E-state index >= 15 is 0 Å². The Morgan fingerprint density at radius 3 is 2.42 bits per heavy atom. The zero-order valence-electron chi connectivity index (χ0n) is 19.5. The number of pyridine rings is 1. The first-order chi connectivity index (χ1) is 15.9. The van der Waals surface area contributed by atoms with Crippen LogP contribution >= 0.6 is 0 Å². The lowest BCUT2D eigenvalue weighted by molar-refractivity contribution is -0.0494. The minimum atomic E-state index is -2.95. The summed E-state index contributed by atoms with van der Waals surface area (Å²) < 4.78 is 37.6. The van der Waals surface area contributed by atoms with E-state index < -0.39 is 6.61 Å². The van der Waals surface area contributed by atoms with Gasteiger partial charge in [-0.05, 0) is 63.5 Å². The number of methoxy groups -OCH3 is 1. The zero-order chi connectivity index (χ0) is 23.3. The number of aromatic nitrogens is 3. The van der Waals surface area contributed by atoms with Crippen LogP contribution in [0.5, 0.6) is 5.75 Å². The van der Waals surface area contributed by atoms with Crippen molar-refractivity contribution >= 4 is 5.82 Å². The van der Waals surface area contributed by atoms with Gasteiger partial charge in [0.05, 0.1) is 11.8 Å². The Morgan fingerprint density at radius 2 is 1.82 bits per heavy atom. The van der Waals surface area contributed by atoms with Gasteiger partial charge in [-0.1, -0.05) is 0 Å². The second-order valence-corrected chi connectivity index (χ2v) is 9.93. The molecule has 3 fully saturated rings. The van der Waals surface area contributed by atoms with Crippen LogP contribution < -0.4 is 10.5 Å². The highest BCUT2D eigenvalue weighted by molar-refractivity contribution is 5.64. The van der Waals surface area contributed by atoms with Gasteiger partial charge in [0, 0.05) is 55.7 Å². The Kier molecular flexibility index (Phi) is 6.03. The van der Waals surface area contributed by atoms with Gasteiger partial charge in [0.25, 0.3) is 0 Å². The first-order valence-corrected chi connectivity index (χ1v) is 11.9. The van der Waals surface area contributed by atoms with Crippen molar-refractivity contribution in [2.75, 3.05) is 25.9 Å². The molecule has 0 bridgehead atoms. The fourth-order valence-corrected chi connectivity index (χ4v) is 6.02. The maximum absolute atomic E-state index is 12.7. The number of likely N-dealkylation sites (tertiary alicyclic amines) is 1. The SMILES string of the molecule is COC1CCN([C@H]2CC3[C@H](C2)[C@H]3c2cc(-c3cnc(N)c(OC(F)F)c3)nn2C(C)C)CC1. The van der Waals surface area contributed by atoms with Crippen molar-refractivity contribution in [1.29, 1.82) is 0 Å². The van der Waals surface area contributed by atoms with E-state index in [1.54, 1.807) is 6.20 Å². The Morgan fingerprint density at radius 1 is 1.12 bits per heavy atom. The van der Waals surface area contributed by atoms with E-state index in [9.17, 15) is 8.78 Å². The van der Waals surface area contributed by atoms with Gasteiger partial charge in [-0.15, -0.1) is 0 Å². The second-order valence-electron chi connectivity index (χ2n) is 9.93. The number of fused-ring (bicyclic) bond motifs is 1. The molecular formula is C24H33F2N5O2. The molecule has 2 aromatic rings. The largest absolute Gasteiger partial charge is 0.431 e. The van der Waals surface area contributed by atoms with E-state index in [1.807, 2.05) is 7.11 Å². The minimum absolute atomic E-state index is 0.0557. The van der Waals surface area contributed by atoms with Crippen LogP contribution in [-0.4, -0.2) is 58.6 Å². The number of nitrogens with zero attached hydrogens (tertiary/aromatic N) is 4. The molecule has 1 aliphatic heterocycles. The summed E-state index contributed by atoms with van der Waals surface area (Å²) in [5.74, 6) is 1.73. The van der Waals surface area contributed by atoms with Crippen molar-refractivity contribution in [2.45, 2.75) is 70.2 Å². The average molecular weight is 462 g/mol. The molecule has 4 atom stereocenters. The van der Waals surface area contributed by atoms with E-state index in [-0.39, 0.29) is 17.6 Å². The van der Waals surface area contributed by atoms with Crippen molar-refractivity contribution in [3.05, 3.63) is 24.0 Å². The fraction of sp³-hybridized carbons (Fsp3) is 0.667. The second kappa shape index (κ2) is 8.83. The maximum atomic E-state index is 12.7. The van der Waals surface area contributed by atoms with Gasteiger partial charge in [-0.25, -0.2) is 4.98 Å². The number of hydrogen-bond acceptors (Lipinski definition) is 6. The molecule has 7 nitrogen and oxygen atoms in total. The van der Waals surface area contributed by atoms with Gasteiger partial charge in [0.1, 0.15) is 0 Å². The highest BCUT2D eigenvalue weighted by atomic mass is 19.3. The molecule has 1 saturated heterocycles. The third-order valence-corrected chi connectivity index (χ3v) is 7.74. The van der Waals surface area contributed by atoms with Crippen LogP contribution in [0, 0.1) is 11.8 Å². The monoisotopic (exact) mass is 461 g/mol. The Bertz CT molecular complexity index is 977. The third-order valence-electron chi connectivity index (χ3n) is 7.74. The fourth-order valence-electron chi connectivity index (χ4n) is 6.02. The summed E-state index contributed by atoms with van der Waals surface area (Å²) in [7, 11) is 1.81. The summed E-state index contributed by atoms with van der Waals surface area (Å²) >= 11 is 0. The summed E-state index contributed by atoms with van der Waals surface area (Å²) in [5.41, 5.74) is 8.29. The lowest BCUT2D eigenvalue weighted by Gasteiger charge is -2.36. The zero-order valence-corrected chi connectivity index (χ0v) is 19.5. The van der Waals surface area contributed by atoms with Crippen LogP contribution in [0.2, 0.25) is 0 Å². The minimum Gasteiger partial charge on any atom is -0.431 e. The van der Waals surface area contributed by atoms with Gasteiger partial charge >= 0.3 is 6.61 Å². The van der Waals surface area contributed by atoms with Crippen molar-refractivity contribution < 1.29 is 18.3 Å². The maximum Gasteiger partial charge on any atom is 0.387 e. The number of alkyl halides is 2. The smallest absolute Gasteiger partial charge is 0.387 e. The molecule has 2 aromatic heterocycles. The van der Waals surface area contributed by atoms with Crippen molar-refractivity contribution in [3.8, 4) is 17.0 Å². The number of nitrogen functional groups attached to an aromatic ring is 1. The lowest BCUT2D eigenvalue weighted by atomic mass is 9.99. The molecule has 1 unspecified atom stereocenters. The Labute approximate surface area is 193 Å². The van der Waals surface area contributed by atoms with Gasteiger partial charge in [0.15, 0.2) is 11.6 Å². The number of halogens is 2. The molecule has 3 heterocycles. The molecule has 33 heavy (non-hydrogen) atoms. The van der Waals surface area contributed by atoms with E-state index in [0.29, 0.717) is 41.2 Å². The molecule has 9 heteroatoms. The molecule has 180 valence electrons. The topological polar surface area (TPSA) is 78.4 Å². The van der Waals surface area contributed by atoms with Crippen LogP contribution in [-0.2, 0) is 4.74 Å². The predicted octanol–water partition coefficient (Wildman–Crippen LogP) is 4.31. The highest BCUT2D eigenvalue weighted by Crippen LogP contribution is 2.64. The summed E-state index contributed by atoms with van der Waals surface area (Å²) in [6.45, 7) is 3.55. The predicted molar refractivity (Wildman–Crippen MR) is 121 cm³/mol. The lowest BCUT2D eigenvalue weighted by Crippen LogP contribution is -2.42. The molecule has 5 rings (SSSR count). The van der Waals surface area contributed by atoms with Crippen LogP contribution in [0.1, 0.15) is 57.2 Å². The van der Waals surface area contributed by atoms with Gasteiger partial charge < -0.3 is 20.1 Å². The van der Waals surface area contributed by atoms with Gasteiger partial charge in [-0.2, -0.15) is 13.9 Å². The van der Waals surface area contributed by atoms with E-state index in [4.69, 9.17) is 15.6 Å². The molecule has 2 aliphatic carbocycles. The number of hydrogen-bond donors (Lipinski definition) is 1. The molecular weight excluding hydrogens is 428 g/mol. The summed E-state index contributed by atoms with van der Waals surface area (Å²) in [6.07, 6.45) is 6.71. The van der Waals surface area contributed by atoms with E-state index in [1.165, 1.54) is 24.6 Å². The first kappa shape index (κ1) is 22.5.